The Morgan fingerprint density at radius 3 is 1.62 bits per heavy atom. The van der Waals surface area contributed by atoms with E-state index in [-0.39, 0.29) is 0 Å². The fourth-order valence-electron chi connectivity index (χ4n) is 8.98. The maximum absolute atomic E-state index is 5.32. The van der Waals surface area contributed by atoms with Gasteiger partial charge in [-0.05, 0) is 62.7 Å². The van der Waals surface area contributed by atoms with Crippen LogP contribution in [0.25, 0.3) is 76.3 Å². The molecule has 0 atom stereocenters. The summed E-state index contributed by atoms with van der Waals surface area (Å²) in [6.07, 6.45) is 0. The second kappa shape index (κ2) is 13.1. The topological polar surface area (TPSA) is 25.8 Å². The van der Waals surface area contributed by atoms with Crippen LogP contribution >= 0.6 is 11.3 Å². The standard InChI is InChI=1S/C53H34N2S/c1-3-17-35(18-4-1)52-54-48(34-49(55-52)45-29-16-28-44-43-27-11-14-32-50(43)56-51(44)45)42-26-8-7-23-39(42)36-19-15-22-38(33-36)53(37-20-5-2-6-21-37)46-30-12-9-24-40(46)41-25-10-13-31-47(41)53/h1-34H. The predicted octanol–water partition coefficient (Wildman–Crippen LogP) is 13.9. The summed E-state index contributed by atoms with van der Waals surface area (Å²) in [4.78, 5) is 10.6. The van der Waals surface area contributed by atoms with Crippen LogP contribution in [0.4, 0.5) is 0 Å². The zero-order valence-electron chi connectivity index (χ0n) is 30.4. The lowest BCUT2D eigenvalue weighted by Gasteiger charge is -2.34. The molecule has 56 heavy (non-hydrogen) atoms. The van der Waals surface area contributed by atoms with E-state index in [1.165, 1.54) is 53.6 Å². The van der Waals surface area contributed by atoms with Gasteiger partial charge in [0.1, 0.15) is 0 Å². The molecular formula is C53H34N2S. The fourth-order valence-corrected chi connectivity index (χ4v) is 10.2. The van der Waals surface area contributed by atoms with Crippen molar-refractivity contribution in [3.05, 3.63) is 229 Å². The zero-order chi connectivity index (χ0) is 37.1. The van der Waals surface area contributed by atoms with E-state index in [2.05, 4.69) is 200 Å². The molecular weight excluding hydrogens is 697 g/mol. The van der Waals surface area contributed by atoms with Crippen LogP contribution in [0.3, 0.4) is 0 Å². The van der Waals surface area contributed by atoms with Gasteiger partial charge in [-0.25, -0.2) is 9.97 Å². The van der Waals surface area contributed by atoms with Crippen molar-refractivity contribution in [2.75, 3.05) is 0 Å². The summed E-state index contributed by atoms with van der Waals surface area (Å²) in [6, 6.07) is 74.5. The minimum atomic E-state index is -0.481. The Labute approximate surface area is 330 Å². The molecule has 3 heteroatoms. The largest absolute Gasteiger partial charge is 0.228 e. The Balaban J connectivity index is 1.13. The Kier molecular flexibility index (Phi) is 7.61. The molecule has 0 bridgehead atoms. The van der Waals surface area contributed by atoms with Crippen LogP contribution in [-0.2, 0) is 5.41 Å². The van der Waals surface area contributed by atoms with E-state index in [9.17, 15) is 0 Å². The average Bonchev–Trinajstić information content (AvgIpc) is 3.81. The van der Waals surface area contributed by atoms with Gasteiger partial charge in [0.25, 0.3) is 0 Å². The first kappa shape index (κ1) is 32.5. The Morgan fingerprint density at radius 1 is 0.357 bits per heavy atom. The average molecular weight is 731 g/mol. The monoisotopic (exact) mass is 730 g/mol. The lowest BCUT2D eigenvalue weighted by molar-refractivity contribution is 0.769. The predicted molar refractivity (Wildman–Crippen MR) is 234 cm³/mol. The number of aromatic nitrogens is 2. The van der Waals surface area contributed by atoms with Crippen molar-refractivity contribution in [3.8, 4) is 56.2 Å². The summed E-state index contributed by atoms with van der Waals surface area (Å²) in [5.41, 5.74) is 14.4. The third kappa shape index (κ3) is 5.02. The first-order valence-corrected chi connectivity index (χ1v) is 19.9. The molecule has 0 radical (unpaired) electrons. The number of hydrogen-bond acceptors (Lipinski definition) is 3. The minimum Gasteiger partial charge on any atom is -0.228 e. The molecule has 0 aliphatic heterocycles. The van der Waals surface area contributed by atoms with Crippen molar-refractivity contribution >= 4 is 31.5 Å². The fraction of sp³-hybridized carbons (Fsp3) is 0.0189. The summed E-state index contributed by atoms with van der Waals surface area (Å²) in [5, 5.41) is 2.53. The molecule has 0 amide bonds. The van der Waals surface area contributed by atoms with E-state index in [1.54, 1.807) is 0 Å². The van der Waals surface area contributed by atoms with Crippen molar-refractivity contribution in [1.82, 2.24) is 9.97 Å². The first-order valence-electron chi connectivity index (χ1n) is 19.1. The number of thiophene rings is 1. The lowest BCUT2D eigenvalue weighted by atomic mass is 9.67. The molecule has 1 aliphatic carbocycles. The zero-order valence-corrected chi connectivity index (χ0v) is 31.2. The number of fused-ring (bicyclic) bond motifs is 6. The Morgan fingerprint density at radius 2 is 0.875 bits per heavy atom. The molecule has 10 aromatic rings. The second-order valence-electron chi connectivity index (χ2n) is 14.4. The van der Waals surface area contributed by atoms with Gasteiger partial charge in [0.2, 0.25) is 0 Å². The summed E-state index contributed by atoms with van der Waals surface area (Å²) >= 11 is 1.83. The van der Waals surface area contributed by atoms with Gasteiger partial charge in [-0.2, -0.15) is 0 Å². The molecule has 0 unspecified atom stereocenters. The van der Waals surface area contributed by atoms with Crippen LogP contribution in [0.15, 0.2) is 206 Å². The molecule has 11 rings (SSSR count). The maximum atomic E-state index is 5.32. The second-order valence-corrected chi connectivity index (χ2v) is 15.5. The molecule has 0 fully saturated rings. The molecule has 0 N–H and O–H groups in total. The van der Waals surface area contributed by atoms with Crippen molar-refractivity contribution in [2.45, 2.75) is 5.41 Å². The van der Waals surface area contributed by atoms with Gasteiger partial charge < -0.3 is 0 Å². The van der Waals surface area contributed by atoms with E-state index < -0.39 is 5.41 Å². The van der Waals surface area contributed by atoms with Gasteiger partial charge in [-0.3, -0.25) is 0 Å². The van der Waals surface area contributed by atoms with Crippen LogP contribution in [0.2, 0.25) is 0 Å². The van der Waals surface area contributed by atoms with Gasteiger partial charge in [0.15, 0.2) is 5.82 Å². The molecule has 0 spiro atoms. The highest BCUT2D eigenvalue weighted by atomic mass is 32.1. The summed E-state index contributed by atoms with van der Waals surface area (Å²) < 4.78 is 2.51. The number of nitrogens with zero attached hydrogens (tertiary/aromatic N) is 2. The lowest BCUT2D eigenvalue weighted by Crippen LogP contribution is -2.28. The molecule has 262 valence electrons. The maximum Gasteiger partial charge on any atom is 0.160 e. The number of rotatable bonds is 6. The van der Waals surface area contributed by atoms with E-state index in [0.29, 0.717) is 5.82 Å². The van der Waals surface area contributed by atoms with Gasteiger partial charge in [-0.15, -0.1) is 11.3 Å². The number of hydrogen-bond donors (Lipinski definition) is 0. The molecule has 2 heterocycles. The van der Waals surface area contributed by atoms with Crippen molar-refractivity contribution < 1.29 is 0 Å². The van der Waals surface area contributed by atoms with Crippen molar-refractivity contribution in [3.63, 3.8) is 0 Å². The van der Waals surface area contributed by atoms with E-state index in [0.717, 1.165) is 39.2 Å². The SMILES string of the molecule is c1ccc(-c2nc(-c3ccccc3-c3cccc(C4(c5ccccc5)c5ccccc5-c5ccccc54)c3)cc(-c3cccc4c3sc3ccccc34)n2)cc1. The van der Waals surface area contributed by atoms with Crippen molar-refractivity contribution in [1.29, 1.82) is 0 Å². The molecule has 1 aliphatic rings. The molecule has 0 saturated heterocycles. The Hall–Kier alpha value is -6.94. The number of benzene rings is 8. The van der Waals surface area contributed by atoms with Crippen LogP contribution in [-0.4, -0.2) is 9.97 Å². The Bertz CT molecular complexity index is 3040. The quantitative estimate of drug-likeness (QED) is 0.170. The molecule has 0 saturated carbocycles. The highest BCUT2D eigenvalue weighted by molar-refractivity contribution is 7.26. The van der Waals surface area contributed by atoms with E-state index >= 15 is 0 Å². The van der Waals surface area contributed by atoms with Gasteiger partial charge in [-0.1, -0.05) is 188 Å². The highest BCUT2D eigenvalue weighted by Gasteiger charge is 2.45. The van der Waals surface area contributed by atoms with E-state index in [1.807, 2.05) is 17.4 Å². The third-order valence-corrected chi connectivity index (χ3v) is 12.6. The highest BCUT2D eigenvalue weighted by Crippen LogP contribution is 2.56. The van der Waals surface area contributed by atoms with Gasteiger partial charge >= 0.3 is 0 Å². The van der Waals surface area contributed by atoms with Gasteiger partial charge in [0.05, 0.1) is 16.8 Å². The summed E-state index contributed by atoms with van der Waals surface area (Å²) in [7, 11) is 0. The normalized spacial score (nSPS) is 12.8. The van der Waals surface area contributed by atoms with Crippen LogP contribution in [0.1, 0.15) is 22.3 Å². The molecule has 8 aromatic carbocycles. The molecule has 2 aromatic heterocycles. The minimum absolute atomic E-state index is 0.481. The third-order valence-electron chi connectivity index (χ3n) is 11.4. The summed E-state index contributed by atoms with van der Waals surface area (Å²) in [5.74, 6) is 0.710. The van der Waals surface area contributed by atoms with Crippen LogP contribution < -0.4 is 0 Å². The summed E-state index contributed by atoms with van der Waals surface area (Å²) in [6.45, 7) is 0. The first-order chi connectivity index (χ1) is 27.8. The van der Waals surface area contributed by atoms with Crippen LogP contribution in [0, 0.1) is 0 Å². The van der Waals surface area contributed by atoms with Crippen molar-refractivity contribution in [2.24, 2.45) is 0 Å². The van der Waals surface area contributed by atoms with Crippen LogP contribution in [0.5, 0.6) is 0 Å². The molecule has 2 nitrogen and oxygen atoms in total. The smallest absolute Gasteiger partial charge is 0.160 e. The van der Waals surface area contributed by atoms with E-state index in [4.69, 9.17) is 9.97 Å². The van der Waals surface area contributed by atoms with Gasteiger partial charge in [0, 0.05) is 36.9 Å².